The molecule has 0 saturated carbocycles. The second-order valence-electron chi connectivity index (χ2n) is 11.4. The summed E-state index contributed by atoms with van der Waals surface area (Å²) in [5.74, 6) is -0.569. The van der Waals surface area contributed by atoms with Crippen LogP contribution in [0.1, 0.15) is 69.0 Å². The number of hydrogen-bond acceptors (Lipinski definition) is 9. The first kappa shape index (κ1) is 29.2. The third-order valence-electron chi connectivity index (χ3n) is 7.96. The fraction of sp³-hybridized carbons (Fsp3) is 0.533. The van der Waals surface area contributed by atoms with Crippen LogP contribution in [0.15, 0.2) is 40.4 Å². The SMILES string of the molecule is Cc1ncsc1-c1ccc([C@H](C)NC(=O)[C@@H]2C[C@@H](O)CN2C(=O)[C@H](c2cc(OC3CCNCC3)no2)C(C)C)cc1. The zero-order valence-electron chi connectivity index (χ0n) is 24.0. The standard InChI is InChI=1S/C30H39N5O5S/c1-17(2)27(25-14-26(34-40-25)39-23-9-11-31-12-10-23)30(38)35-15-22(36)13-24(35)29(37)33-18(3)20-5-7-21(8-6-20)28-19(4)32-16-41-28/h5-8,14,16-18,22-24,27,31,36H,9-13,15H2,1-4H3,(H,33,37)/t18-,22+,24-,27-/m0/s1. The molecule has 2 aromatic heterocycles. The Bertz CT molecular complexity index is 1330. The Morgan fingerprint density at radius 2 is 1.93 bits per heavy atom. The maximum absolute atomic E-state index is 13.9. The molecule has 0 unspecified atom stereocenters. The highest BCUT2D eigenvalue weighted by atomic mass is 32.1. The van der Waals surface area contributed by atoms with Gasteiger partial charge in [-0.05, 0) is 62.0 Å². The number of β-amino-alcohol motifs (C(OH)–C–C–N with tert-alkyl or cyclic N) is 1. The second kappa shape index (κ2) is 12.7. The molecule has 11 heteroatoms. The molecule has 0 radical (unpaired) electrons. The van der Waals surface area contributed by atoms with Crippen LogP contribution in [0.4, 0.5) is 0 Å². The van der Waals surface area contributed by atoms with Gasteiger partial charge < -0.3 is 29.9 Å². The summed E-state index contributed by atoms with van der Waals surface area (Å²) in [6.07, 6.45) is 1.21. The number of aryl methyl sites for hydroxylation is 1. The largest absolute Gasteiger partial charge is 0.472 e. The van der Waals surface area contributed by atoms with E-state index >= 15 is 0 Å². The Kier molecular flexibility index (Phi) is 9.06. The van der Waals surface area contributed by atoms with Gasteiger partial charge in [-0.1, -0.05) is 38.1 Å². The highest BCUT2D eigenvalue weighted by Crippen LogP contribution is 2.33. The number of amides is 2. The van der Waals surface area contributed by atoms with Crippen molar-refractivity contribution in [3.8, 4) is 16.3 Å². The highest BCUT2D eigenvalue weighted by molar-refractivity contribution is 7.13. The van der Waals surface area contributed by atoms with Crippen molar-refractivity contribution >= 4 is 23.2 Å². The molecule has 3 N–H and O–H groups in total. The van der Waals surface area contributed by atoms with Crippen LogP contribution in [0.3, 0.4) is 0 Å². The predicted molar refractivity (Wildman–Crippen MR) is 156 cm³/mol. The van der Waals surface area contributed by atoms with Crippen LogP contribution >= 0.6 is 11.3 Å². The number of aliphatic hydroxyl groups excluding tert-OH is 1. The van der Waals surface area contributed by atoms with E-state index in [9.17, 15) is 14.7 Å². The number of likely N-dealkylation sites (tertiary alicyclic amines) is 1. The van der Waals surface area contributed by atoms with E-state index in [0.29, 0.717) is 11.6 Å². The summed E-state index contributed by atoms with van der Waals surface area (Å²) in [5.41, 5.74) is 4.85. The zero-order valence-corrected chi connectivity index (χ0v) is 24.8. The van der Waals surface area contributed by atoms with E-state index < -0.39 is 18.1 Å². The molecule has 2 fully saturated rings. The molecular weight excluding hydrogens is 542 g/mol. The number of ether oxygens (including phenoxy) is 1. The molecule has 2 aliphatic heterocycles. The predicted octanol–water partition coefficient (Wildman–Crippen LogP) is 3.82. The number of thiazole rings is 1. The van der Waals surface area contributed by atoms with Gasteiger partial charge in [0.2, 0.25) is 11.8 Å². The lowest BCUT2D eigenvalue weighted by molar-refractivity contribution is -0.141. The number of rotatable bonds is 9. The van der Waals surface area contributed by atoms with E-state index in [-0.39, 0.29) is 42.8 Å². The third-order valence-corrected chi connectivity index (χ3v) is 8.94. The van der Waals surface area contributed by atoms with Gasteiger partial charge in [-0.15, -0.1) is 11.3 Å². The first-order valence-corrected chi connectivity index (χ1v) is 15.2. The fourth-order valence-electron chi connectivity index (χ4n) is 5.67. The maximum atomic E-state index is 13.9. The van der Waals surface area contributed by atoms with Crippen LogP contribution in [0.5, 0.6) is 5.88 Å². The molecule has 2 aliphatic rings. The molecule has 4 atom stereocenters. The van der Waals surface area contributed by atoms with Crippen molar-refractivity contribution < 1.29 is 24.0 Å². The lowest BCUT2D eigenvalue weighted by Gasteiger charge is -2.29. The van der Waals surface area contributed by atoms with Crippen LogP contribution in [0, 0.1) is 12.8 Å². The smallest absolute Gasteiger partial charge is 0.254 e. The molecule has 0 bridgehead atoms. The highest BCUT2D eigenvalue weighted by Gasteiger charge is 2.43. The Labute approximate surface area is 244 Å². The van der Waals surface area contributed by atoms with Crippen molar-refractivity contribution in [1.29, 1.82) is 0 Å². The summed E-state index contributed by atoms with van der Waals surface area (Å²) in [4.78, 5) is 34.3. The second-order valence-corrected chi connectivity index (χ2v) is 12.2. The van der Waals surface area contributed by atoms with Gasteiger partial charge in [-0.25, -0.2) is 4.98 Å². The van der Waals surface area contributed by atoms with Crippen molar-refractivity contribution in [2.24, 2.45) is 5.92 Å². The number of nitrogens with zero attached hydrogens (tertiary/aromatic N) is 3. The third kappa shape index (κ3) is 6.63. The number of carbonyl (C=O) groups is 2. The summed E-state index contributed by atoms with van der Waals surface area (Å²) in [6, 6.07) is 8.67. The van der Waals surface area contributed by atoms with Gasteiger partial charge in [-0.3, -0.25) is 9.59 Å². The Morgan fingerprint density at radius 1 is 1.20 bits per heavy atom. The molecule has 2 amide bonds. The number of nitrogens with one attached hydrogen (secondary N) is 2. The van der Waals surface area contributed by atoms with E-state index in [1.165, 1.54) is 4.90 Å². The number of hydrogen-bond donors (Lipinski definition) is 3. The van der Waals surface area contributed by atoms with Crippen LogP contribution in [0.25, 0.3) is 10.4 Å². The molecule has 10 nitrogen and oxygen atoms in total. The Morgan fingerprint density at radius 3 is 2.59 bits per heavy atom. The summed E-state index contributed by atoms with van der Waals surface area (Å²) < 4.78 is 11.6. The molecule has 2 saturated heterocycles. The van der Waals surface area contributed by atoms with Crippen molar-refractivity contribution in [2.45, 2.75) is 77.2 Å². The number of benzene rings is 1. The van der Waals surface area contributed by atoms with Gasteiger partial charge in [0.1, 0.15) is 18.1 Å². The van der Waals surface area contributed by atoms with Crippen LogP contribution in [0.2, 0.25) is 0 Å². The number of aromatic nitrogens is 2. The first-order valence-electron chi connectivity index (χ1n) is 14.3. The molecule has 220 valence electrons. The van der Waals surface area contributed by atoms with Gasteiger partial charge in [-0.2, -0.15) is 0 Å². The average molecular weight is 582 g/mol. The van der Waals surface area contributed by atoms with Gasteiger partial charge in [0, 0.05) is 19.0 Å². The van der Waals surface area contributed by atoms with E-state index in [0.717, 1.165) is 47.6 Å². The molecule has 4 heterocycles. The van der Waals surface area contributed by atoms with Gasteiger partial charge >= 0.3 is 0 Å². The molecule has 5 rings (SSSR count). The van der Waals surface area contributed by atoms with E-state index in [1.807, 2.05) is 57.5 Å². The Hall–Kier alpha value is -3.28. The topological polar surface area (TPSA) is 130 Å². The summed E-state index contributed by atoms with van der Waals surface area (Å²) in [6.45, 7) is 9.63. The Balaban J connectivity index is 1.26. The van der Waals surface area contributed by atoms with Crippen LogP contribution in [-0.4, -0.2) is 69.8 Å². The molecule has 0 aliphatic carbocycles. The van der Waals surface area contributed by atoms with Crippen molar-refractivity contribution in [1.82, 2.24) is 25.7 Å². The fourth-order valence-corrected chi connectivity index (χ4v) is 6.48. The minimum absolute atomic E-state index is 0.0548. The van der Waals surface area contributed by atoms with Crippen molar-refractivity contribution in [3.05, 3.63) is 52.9 Å². The zero-order chi connectivity index (χ0) is 29.1. The molecule has 3 aromatic rings. The molecule has 41 heavy (non-hydrogen) atoms. The van der Waals surface area contributed by atoms with Crippen LogP contribution < -0.4 is 15.4 Å². The van der Waals surface area contributed by atoms with Crippen molar-refractivity contribution in [3.63, 3.8) is 0 Å². The summed E-state index contributed by atoms with van der Waals surface area (Å²) in [5, 5.41) is 20.9. The van der Waals surface area contributed by atoms with Gasteiger partial charge in [0.05, 0.1) is 28.2 Å². The minimum Gasteiger partial charge on any atom is -0.472 e. The van der Waals surface area contributed by atoms with Crippen molar-refractivity contribution in [2.75, 3.05) is 19.6 Å². The molecular formula is C30H39N5O5S. The quantitative estimate of drug-likeness (QED) is 0.348. The van der Waals surface area contributed by atoms with E-state index in [1.54, 1.807) is 17.4 Å². The number of carbonyl (C=O) groups excluding carboxylic acids is 2. The lowest BCUT2D eigenvalue weighted by Crippen LogP contribution is -2.48. The monoisotopic (exact) mass is 581 g/mol. The number of aliphatic hydroxyl groups is 1. The molecule has 1 aromatic carbocycles. The van der Waals surface area contributed by atoms with Gasteiger partial charge in [0.15, 0.2) is 5.76 Å². The average Bonchev–Trinajstić information content (AvgIpc) is 3.69. The maximum Gasteiger partial charge on any atom is 0.254 e. The van der Waals surface area contributed by atoms with E-state index in [2.05, 4.69) is 20.8 Å². The minimum atomic E-state index is -0.784. The normalized spacial score (nSPS) is 21.2. The molecule has 0 spiro atoms. The first-order chi connectivity index (χ1) is 19.7. The van der Waals surface area contributed by atoms with E-state index in [4.69, 9.17) is 9.26 Å². The summed E-state index contributed by atoms with van der Waals surface area (Å²) >= 11 is 1.60. The van der Waals surface area contributed by atoms with Gasteiger partial charge in [0.25, 0.3) is 5.88 Å². The lowest BCUT2D eigenvalue weighted by atomic mass is 9.91. The summed E-state index contributed by atoms with van der Waals surface area (Å²) in [7, 11) is 0. The number of piperidine rings is 1. The van der Waals surface area contributed by atoms with Crippen LogP contribution in [-0.2, 0) is 9.59 Å².